The Hall–Kier alpha value is -1.03. The third-order valence-corrected chi connectivity index (χ3v) is 4.92. The average molecular weight is 324 g/mol. The normalized spacial score (nSPS) is 20.6. The van der Waals surface area contributed by atoms with Gasteiger partial charge in [-0.2, -0.15) is 0 Å². The molecule has 4 heteroatoms. The Morgan fingerprint density at radius 3 is 3.00 bits per heavy atom. The number of fused-ring (bicyclic) bond motifs is 1. The van der Waals surface area contributed by atoms with Crippen LogP contribution in [0, 0.1) is 5.92 Å². The molecule has 1 fully saturated rings. The zero-order valence-electron chi connectivity index (χ0n) is 10.8. The van der Waals surface area contributed by atoms with E-state index in [1.807, 2.05) is 12.1 Å². The summed E-state index contributed by atoms with van der Waals surface area (Å²) in [6, 6.07) is 5.95. The van der Waals surface area contributed by atoms with Crippen LogP contribution in [0.4, 0.5) is 0 Å². The van der Waals surface area contributed by atoms with Gasteiger partial charge in [0.25, 0.3) is 5.91 Å². The van der Waals surface area contributed by atoms with Crippen LogP contribution in [0.15, 0.2) is 18.2 Å². The molecule has 1 saturated carbocycles. The van der Waals surface area contributed by atoms with Crippen molar-refractivity contribution in [2.75, 3.05) is 13.2 Å². The van der Waals surface area contributed by atoms with Gasteiger partial charge in [-0.25, -0.2) is 0 Å². The molecular weight excluding hydrogens is 306 g/mol. The lowest BCUT2D eigenvalue weighted by molar-refractivity contribution is 0.0957. The van der Waals surface area contributed by atoms with Gasteiger partial charge in [-0.15, -0.1) is 0 Å². The molecule has 0 radical (unpaired) electrons. The molecule has 1 heterocycles. The van der Waals surface area contributed by atoms with Crippen LogP contribution >= 0.6 is 15.9 Å². The predicted molar refractivity (Wildman–Crippen MR) is 77.9 cm³/mol. The lowest BCUT2D eigenvalue weighted by atomic mass is 9.81. The first-order valence-corrected chi connectivity index (χ1v) is 7.84. The van der Waals surface area contributed by atoms with Crippen LogP contribution in [0.25, 0.3) is 0 Å². The number of hydrogen-bond donors (Lipinski definition) is 1. The largest absolute Gasteiger partial charge is 0.491 e. The molecule has 1 atom stereocenters. The van der Waals surface area contributed by atoms with E-state index < -0.39 is 0 Å². The maximum atomic E-state index is 12.0. The molecule has 1 aromatic carbocycles. The Labute approximate surface area is 121 Å². The van der Waals surface area contributed by atoms with Crippen LogP contribution in [0.3, 0.4) is 0 Å². The van der Waals surface area contributed by atoms with E-state index >= 15 is 0 Å². The number of carbonyl (C=O) groups excluding carboxylic acids is 1. The molecule has 3 rings (SSSR count). The molecule has 1 unspecified atom stereocenters. The van der Waals surface area contributed by atoms with Gasteiger partial charge in [0.15, 0.2) is 0 Å². The Balaban J connectivity index is 1.80. The molecule has 19 heavy (non-hydrogen) atoms. The second kappa shape index (κ2) is 5.53. The van der Waals surface area contributed by atoms with Gasteiger partial charge in [0, 0.05) is 4.83 Å². The monoisotopic (exact) mass is 323 g/mol. The van der Waals surface area contributed by atoms with Crippen molar-refractivity contribution < 1.29 is 9.53 Å². The molecule has 1 aromatic rings. The third kappa shape index (κ3) is 2.78. The van der Waals surface area contributed by atoms with E-state index in [2.05, 4.69) is 27.3 Å². The summed E-state index contributed by atoms with van der Waals surface area (Å²) in [7, 11) is 0. The highest BCUT2D eigenvalue weighted by Gasteiger charge is 2.23. The maximum Gasteiger partial charge on any atom is 0.255 e. The quantitative estimate of drug-likeness (QED) is 0.865. The van der Waals surface area contributed by atoms with Gasteiger partial charge in [-0.05, 0) is 30.0 Å². The van der Waals surface area contributed by atoms with E-state index in [0.29, 0.717) is 29.3 Å². The molecule has 0 spiro atoms. The molecule has 3 nitrogen and oxygen atoms in total. The fourth-order valence-corrected chi connectivity index (χ4v) is 3.44. The van der Waals surface area contributed by atoms with Gasteiger partial charge in [0.2, 0.25) is 0 Å². The lowest BCUT2D eigenvalue weighted by Gasteiger charge is -2.27. The van der Waals surface area contributed by atoms with Crippen molar-refractivity contribution in [1.82, 2.24) is 5.32 Å². The van der Waals surface area contributed by atoms with Gasteiger partial charge < -0.3 is 10.1 Å². The summed E-state index contributed by atoms with van der Waals surface area (Å²) in [6.07, 6.45) is 5.21. The smallest absolute Gasteiger partial charge is 0.255 e. The number of amides is 1. The van der Waals surface area contributed by atoms with Crippen molar-refractivity contribution in [3.8, 4) is 5.75 Å². The van der Waals surface area contributed by atoms with E-state index in [4.69, 9.17) is 4.74 Å². The summed E-state index contributed by atoms with van der Waals surface area (Å²) in [6.45, 7) is 1.11. The van der Waals surface area contributed by atoms with Gasteiger partial charge in [0.05, 0.1) is 12.1 Å². The van der Waals surface area contributed by atoms with Crippen LogP contribution in [0.2, 0.25) is 0 Å². The zero-order chi connectivity index (χ0) is 13.2. The van der Waals surface area contributed by atoms with Crippen LogP contribution in [-0.2, 0) is 0 Å². The number of ether oxygens (including phenoxy) is 1. The number of carbonyl (C=O) groups is 1. The average Bonchev–Trinajstić information content (AvgIpc) is 2.55. The van der Waals surface area contributed by atoms with Gasteiger partial charge in [0.1, 0.15) is 12.4 Å². The van der Waals surface area contributed by atoms with Crippen LogP contribution in [0.1, 0.15) is 46.4 Å². The number of alkyl halides is 1. The topological polar surface area (TPSA) is 38.3 Å². The van der Waals surface area contributed by atoms with Crippen molar-refractivity contribution in [2.24, 2.45) is 5.92 Å². The minimum Gasteiger partial charge on any atom is -0.491 e. The third-order valence-electron chi connectivity index (χ3n) is 4.02. The summed E-state index contributed by atoms with van der Waals surface area (Å²) in [5, 5.41) is 2.85. The van der Waals surface area contributed by atoms with Gasteiger partial charge in [-0.3, -0.25) is 4.79 Å². The molecule has 0 aromatic heterocycles. The molecular formula is C15H18BrNO2. The molecule has 1 N–H and O–H groups in total. The summed E-state index contributed by atoms with van der Waals surface area (Å²) >= 11 is 3.76. The minimum atomic E-state index is -0.0299. The SMILES string of the molecule is O=C1NCCOc2ccc(C(Br)CC3CCC3)cc21. The second-order valence-electron chi connectivity index (χ2n) is 5.36. The summed E-state index contributed by atoms with van der Waals surface area (Å²) in [5.41, 5.74) is 1.83. The van der Waals surface area contributed by atoms with E-state index in [1.54, 1.807) is 0 Å². The van der Waals surface area contributed by atoms with Crippen molar-refractivity contribution in [1.29, 1.82) is 0 Å². The molecule has 2 aliphatic rings. The van der Waals surface area contributed by atoms with Crippen LogP contribution in [-0.4, -0.2) is 19.1 Å². The highest BCUT2D eigenvalue weighted by molar-refractivity contribution is 9.09. The van der Waals surface area contributed by atoms with Crippen molar-refractivity contribution in [3.05, 3.63) is 29.3 Å². The fourth-order valence-electron chi connectivity index (χ4n) is 2.62. The number of benzene rings is 1. The molecule has 102 valence electrons. The summed E-state index contributed by atoms with van der Waals surface area (Å²) < 4.78 is 5.57. The second-order valence-corrected chi connectivity index (χ2v) is 6.47. The fraction of sp³-hybridized carbons (Fsp3) is 0.533. The Morgan fingerprint density at radius 2 is 2.26 bits per heavy atom. The Bertz CT molecular complexity index is 485. The first-order valence-electron chi connectivity index (χ1n) is 6.93. The molecule has 1 aliphatic heterocycles. The van der Waals surface area contributed by atoms with Crippen LogP contribution < -0.4 is 10.1 Å². The molecule has 0 bridgehead atoms. The number of nitrogens with one attached hydrogen (secondary N) is 1. The lowest BCUT2D eigenvalue weighted by Crippen LogP contribution is -2.24. The van der Waals surface area contributed by atoms with Crippen molar-refractivity contribution in [2.45, 2.75) is 30.5 Å². The number of hydrogen-bond acceptors (Lipinski definition) is 2. The maximum absolute atomic E-state index is 12.0. The molecule has 0 saturated heterocycles. The minimum absolute atomic E-state index is 0.0299. The van der Waals surface area contributed by atoms with Crippen molar-refractivity contribution in [3.63, 3.8) is 0 Å². The predicted octanol–water partition coefficient (Wildman–Crippen LogP) is 3.44. The van der Waals surface area contributed by atoms with Gasteiger partial charge >= 0.3 is 0 Å². The highest BCUT2D eigenvalue weighted by atomic mass is 79.9. The number of rotatable bonds is 3. The summed E-state index contributed by atoms with van der Waals surface area (Å²) in [4.78, 5) is 12.3. The number of halogens is 1. The molecule has 1 amide bonds. The standard InChI is InChI=1S/C15H18BrNO2/c16-13(8-10-2-1-3-10)11-4-5-14-12(9-11)15(18)17-6-7-19-14/h4-5,9-10,13H,1-3,6-8H2,(H,17,18). The van der Waals surface area contributed by atoms with E-state index in [1.165, 1.54) is 24.8 Å². The van der Waals surface area contributed by atoms with E-state index in [9.17, 15) is 4.79 Å². The van der Waals surface area contributed by atoms with Gasteiger partial charge in [-0.1, -0.05) is 41.3 Å². The van der Waals surface area contributed by atoms with E-state index in [-0.39, 0.29) is 5.91 Å². The first kappa shape index (κ1) is 13.0. The Morgan fingerprint density at radius 1 is 1.42 bits per heavy atom. The van der Waals surface area contributed by atoms with Crippen molar-refractivity contribution >= 4 is 21.8 Å². The van der Waals surface area contributed by atoms with E-state index in [0.717, 1.165) is 12.3 Å². The molecule has 1 aliphatic carbocycles. The Kier molecular flexibility index (Phi) is 3.78. The first-order chi connectivity index (χ1) is 9.24. The summed E-state index contributed by atoms with van der Waals surface area (Å²) in [5.74, 6) is 1.51. The van der Waals surface area contributed by atoms with Crippen LogP contribution in [0.5, 0.6) is 5.75 Å². The highest BCUT2D eigenvalue weighted by Crippen LogP contribution is 2.39. The zero-order valence-corrected chi connectivity index (χ0v) is 12.4.